The van der Waals surface area contributed by atoms with Crippen LogP contribution in [0.4, 0.5) is 17.1 Å². The minimum absolute atomic E-state index is 0.0471. The van der Waals surface area contributed by atoms with Crippen LogP contribution in [0.2, 0.25) is 5.02 Å². The fourth-order valence-corrected chi connectivity index (χ4v) is 3.87. The van der Waals surface area contributed by atoms with E-state index >= 15 is 0 Å². The van der Waals surface area contributed by atoms with Gasteiger partial charge in [-0.3, -0.25) is 14.6 Å². The number of hydrogen-bond donors (Lipinski definition) is 1. The van der Waals surface area contributed by atoms with Gasteiger partial charge in [-0.05, 0) is 56.0 Å². The standard InChI is InChI=1S/C21H20ClN3O2/c1-13-9-10-14(22)11-18(13)24-20(26)12-25-19-8-3-2-6-17(19)23-16-7-4-5-15(16)21(25)27/h2-3,6,8-11,15H,4-5,7,12H2,1H3,(H,24,26)/t15-/m1/s1. The molecule has 0 aromatic heterocycles. The summed E-state index contributed by atoms with van der Waals surface area (Å²) in [5.74, 6) is -0.530. The van der Waals surface area contributed by atoms with Crippen molar-refractivity contribution in [2.24, 2.45) is 10.9 Å². The lowest BCUT2D eigenvalue weighted by atomic mass is 10.1. The van der Waals surface area contributed by atoms with Gasteiger partial charge in [0.05, 0.1) is 17.3 Å². The third kappa shape index (κ3) is 3.47. The van der Waals surface area contributed by atoms with Gasteiger partial charge >= 0.3 is 0 Å². The number of nitrogens with zero attached hydrogens (tertiary/aromatic N) is 2. The van der Waals surface area contributed by atoms with Crippen molar-refractivity contribution in [3.8, 4) is 0 Å². The highest BCUT2D eigenvalue weighted by Gasteiger charge is 2.37. The van der Waals surface area contributed by atoms with E-state index in [1.165, 1.54) is 0 Å². The first-order chi connectivity index (χ1) is 13.0. The Morgan fingerprint density at radius 2 is 2.11 bits per heavy atom. The molecule has 4 rings (SSSR count). The maximum Gasteiger partial charge on any atom is 0.244 e. The number of carbonyl (C=O) groups is 2. The lowest BCUT2D eigenvalue weighted by molar-refractivity contribution is -0.122. The van der Waals surface area contributed by atoms with E-state index in [1.54, 1.807) is 17.0 Å². The number of nitrogens with one attached hydrogen (secondary N) is 1. The quantitative estimate of drug-likeness (QED) is 0.850. The van der Waals surface area contributed by atoms with E-state index in [0.717, 1.165) is 36.2 Å². The Labute approximate surface area is 163 Å². The number of aliphatic imine (C=N–C) groups is 1. The molecule has 2 aromatic rings. The Hall–Kier alpha value is -2.66. The first-order valence-corrected chi connectivity index (χ1v) is 9.44. The summed E-state index contributed by atoms with van der Waals surface area (Å²) in [7, 11) is 0. The number of halogens is 1. The Morgan fingerprint density at radius 3 is 2.96 bits per heavy atom. The van der Waals surface area contributed by atoms with Gasteiger partial charge in [-0.25, -0.2) is 0 Å². The zero-order valence-electron chi connectivity index (χ0n) is 15.0. The summed E-state index contributed by atoms with van der Waals surface area (Å²) in [4.78, 5) is 32.2. The van der Waals surface area contributed by atoms with Crippen molar-refractivity contribution < 1.29 is 9.59 Å². The minimum Gasteiger partial charge on any atom is -0.324 e. The smallest absolute Gasteiger partial charge is 0.244 e. The Morgan fingerprint density at radius 1 is 1.30 bits per heavy atom. The highest BCUT2D eigenvalue weighted by atomic mass is 35.5. The van der Waals surface area contributed by atoms with Crippen LogP contribution < -0.4 is 10.2 Å². The molecule has 1 aliphatic carbocycles. The van der Waals surface area contributed by atoms with Crippen molar-refractivity contribution >= 4 is 46.2 Å². The number of amides is 2. The van der Waals surface area contributed by atoms with Gasteiger partial charge in [0, 0.05) is 16.4 Å². The molecule has 6 heteroatoms. The number of carbonyl (C=O) groups excluding carboxylic acids is 2. The Kier molecular flexibility index (Phi) is 4.70. The molecule has 0 bridgehead atoms. The van der Waals surface area contributed by atoms with Crippen molar-refractivity contribution in [1.29, 1.82) is 0 Å². The van der Waals surface area contributed by atoms with Crippen molar-refractivity contribution in [2.75, 3.05) is 16.8 Å². The molecule has 5 nitrogen and oxygen atoms in total. The molecular weight excluding hydrogens is 362 g/mol. The Balaban J connectivity index is 1.62. The van der Waals surface area contributed by atoms with Gasteiger partial charge in [0.1, 0.15) is 6.54 Å². The third-order valence-corrected chi connectivity index (χ3v) is 5.34. The van der Waals surface area contributed by atoms with Crippen LogP contribution in [0, 0.1) is 12.8 Å². The molecule has 1 fully saturated rings. The normalized spacial score (nSPS) is 18.4. The molecule has 0 saturated heterocycles. The summed E-state index contributed by atoms with van der Waals surface area (Å²) < 4.78 is 0. The first-order valence-electron chi connectivity index (χ1n) is 9.07. The monoisotopic (exact) mass is 381 g/mol. The molecule has 1 heterocycles. The summed E-state index contributed by atoms with van der Waals surface area (Å²) in [6.45, 7) is 1.85. The van der Waals surface area contributed by atoms with Crippen LogP contribution in [0.1, 0.15) is 24.8 Å². The van der Waals surface area contributed by atoms with Crippen LogP contribution in [0.5, 0.6) is 0 Å². The summed E-state index contributed by atoms with van der Waals surface area (Å²) in [6.07, 6.45) is 2.59. The van der Waals surface area contributed by atoms with Gasteiger partial charge < -0.3 is 10.2 Å². The van der Waals surface area contributed by atoms with Crippen LogP contribution in [-0.2, 0) is 9.59 Å². The van der Waals surface area contributed by atoms with Crippen molar-refractivity contribution in [3.63, 3.8) is 0 Å². The Bertz CT molecular complexity index is 954. The summed E-state index contributed by atoms with van der Waals surface area (Å²) in [6, 6.07) is 12.8. The number of para-hydroxylation sites is 2. The minimum atomic E-state index is -0.259. The van der Waals surface area contributed by atoms with E-state index in [-0.39, 0.29) is 24.3 Å². The number of rotatable bonds is 3. The van der Waals surface area contributed by atoms with Crippen molar-refractivity contribution in [1.82, 2.24) is 0 Å². The van der Waals surface area contributed by atoms with E-state index in [9.17, 15) is 9.59 Å². The highest BCUT2D eigenvalue weighted by Crippen LogP contribution is 2.37. The molecule has 1 saturated carbocycles. The lowest BCUT2D eigenvalue weighted by Gasteiger charge is -2.24. The predicted molar refractivity (Wildman–Crippen MR) is 108 cm³/mol. The van der Waals surface area contributed by atoms with Gasteiger partial charge in [0.25, 0.3) is 0 Å². The van der Waals surface area contributed by atoms with E-state index in [0.29, 0.717) is 16.4 Å². The average Bonchev–Trinajstić information content (AvgIpc) is 3.07. The zero-order chi connectivity index (χ0) is 19.0. The SMILES string of the molecule is Cc1ccc(Cl)cc1NC(=O)CN1C(=O)[C@@H]2CCCC2=Nc2ccccc21. The number of anilines is 2. The van der Waals surface area contributed by atoms with Crippen molar-refractivity contribution in [2.45, 2.75) is 26.2 Å². The average molecular weight is 382 g/mol. The van der Waals surface area contributed by atoms with Crippen LogP contribution in [0.25, 0.3) is 0 Å². The van der Waals surface area contributed by atoms with Crippen LogP contribution in [0.3, 0.4) is 0 Å². The number of fused-ring (bicyclic) bond motifs is 2. The number of aryl methyl sites for hydroxylation is 1. The first kappa shape index (κ1) is 17.7. The van der Waals surface area contributed by atoms with Gasteiger partial charge in [0.15, 0.2) is 0 Å². The van der Waals surface area contributed by atoms with E-state index in [1.807, 2.05) is 37.3 Å². The van der Waals surface area contributed by atoms with Crippen LogP contribution >= 0.6 is 11.6 Å². The number of benzene rings is 2. The molecule has 0 spiro atoms. The molecule has 2 amide bonds. The highest BCUT2D eigenvalue weighted by molar-refractivity contribution is 6.31. The summed E-state index contributed by atoms with van der Waals surface area (Å²) in [5.41, 5.74) is 3.93. The topological polar surface area (TPSA) is 61.8 Å². The van der Waals surface area contributed by atoms with E-state index in [2.05, 4.69) is 5.32 Å². The molecule has 1 N–H and O–H groups in total. The second-order valence-corrected chi connectivity index (χ2v) is 7.40. The predicted octanol–water partition coefficient (Wildman–Crippen LogP) is 4.51. The largest absolute Gasteiger partial charge is 0.324 e. The third-order valence-electron chi connectivity index (χ3n) is 5.10. The van der Waals surface area contributed by atoms with E-state index in [4.69, 9.17) is 16.6 Å². The molecule has 138 valence electrons. The van der Waals surface area contributed by atoms with Crippen molar-refractivity contribution in [3.05, 3.63) is 53.1 Å². The fourth-order valence-electron chi connectivity index (χ4n) is 3.70. The maximum atomic E-state index is 13.1. The second-order valence-electron chi connectivity index (χ2n) is 6.97. The van der Waals surface area contributed by atoms with Gasteiger partial charge in [-0.2, -0.15) is 0 Å². The lowest BCUT2D eigenvalue weighted by Crippen LogP contribution is -2.41. The summed E-state index contributed by atoms with van der Waals surface area (Å²) in [5, 5.41) is 3.43. The van der Waals surface area contributed by atoms with Gasteiger partial charge in [0.2, 0.25) is 11.8 Å². The van der Waals surface area contributed by atoms with Gasteiger partial charge in [-0.1, -0.05) is 29.8 Å². The molecule has 27 heavy (non-hydrogen) atoms. The molecule has 1 atom stereocenters. The molecule has 2 aromatic carbocycles. The molecule has 1 aliphatic heterocycles. The molecule has 2 aliphatic rings. The molecule has 0 radical (unpaired) electrons. The van der Waals surface area contributed by atoms with E-state index < -0.39 is 0 Å². The fraction of sp³-hybridized carbons (Fsp3) is 0.286. The zero-order valence-corrected chi connectivity index (χ0v) is 15.8. The summed E-state index contributed by atoms with van der Waals surface area (Å²) >= 11 is 6.03. The maximum absolute atomic E-state index is 13.1. The van der Waals surface area contributed by atoms with Crippen LogP contribution in [-0.4, -0.2) is 24.1 Å². The second kappa shape index (κ2) is 7.16. The van der Waals surface area contributed by atoms with Crippen LogP contribution in [0.15, 0.2) is 47.5 Å². The molecule has 0 unspecified atom stereocenters. The van der Waals surface area contributed by atoms with Gasteiger partial charge in [-0.15, -0.1) is 0 Å². The molecular formula is C21H20ClN3O2. The number of hydrogen-bond acceptors (Lipinski definition) is 3.